The van der Waals surface area contributed by atoms with Gasteiger partial charge in [-0.3, -0.25) is 15.1 Å². The SMILES string of the molecule is COC(=O)c1ccc(C(=O)Nc2nc(-c3ccccn3)ns2)cc1. The van der Waals surface area contributed by atoms with E-state index in [0.717, 1.165) is 11.5 Å². The van der Waals surface area contributed by atoms with Gasteiger partial charge in [-0.2, -0.15) is 9.36 Å². The van der Waals surface area contributed by atoms with E-state index < -0.39 is 5.97 Å². The second-order valence-electron chi connectivity index (χ2n) is 4.66. The van der Waals surface area contributed by atoms with Crippen molar-refractivity contribution in [1.29, 1.82) is 0 Å². The Balaban J connectivity index is 1.71. The number of amides is 1. The maximum absolute atomic E-state index is 12.2. The van der Waals surface area contributed by atoms with Crippen LogP contribution in [0.5, 0.6) is 0 Å². The number of rotatable bonds is 4. The highest BCUT2D eigenvalue weighted by atomic mass is 32.1. The zero-order chi connectivity index (χ0) is 16.9. The summed E-state index contributed by atoms with van der Waals surface area (Å²) in [6, 6.07) is 11.6. The summed E-state index contributed by atoms with van der Waals surface area (Å²) in [7, 11) is 1.30. The fourth-order valence-corrected chi connectivity index (χ4v) is 2.49. The molecule has 7 nitrogen and oxygen atoms in total. The Labute approximate surface area is 141 Å². The maximum atomic E-state index is 12.2. The third-order valence-corrected chi connectivity index (χ3v) is 3.74. The number of carbonyl (C=O) groups excluding carboxylic acids is 2. The van der Waals surface area contributed by atoms with Gasteiger partial charge in [0, 0.05) is 23.3 Å². The van der Waals surface area contributed by atoms with E-state index in [1.807, 2.05) is 6.07 Å². The number of pyridine rings is 1. The minimum absolute atomic E-state index is 0.338. The van der Waals surface area contributed by atoms with Gasteiger partial charge in [0.05, 0.1) is 12.7 Å². The molecule has 3 rings (SSSR count). The molecule has 0 radical (unpaired) electrons. The molecule has 0 atom stereocenters. The molecule has 0 fully saturated rings. The first-order valence-electron chi connectivity index (χ1n) is 6.92. The molecule has 2 heterocycles. The van der Waals surface area contributed by atoms with E-state index in [0.29, 0.717) is 27.8 Å². The summed E-state index contributed by atoms with van der Waals surface area (Å²) >= 11 is 1.07. The number of hydrogen-bond acceptors (Lipinski definition) is 7. The lowest BCUT2D eigenvalue weighted by Gasteiger charge is -2.03. The molecule has 0 saturated carbocycles. The largest absolute Gasteiger partial charge is 0.465 e. The molecular formula is C16H12N4O3S. The monoisotopic (exact) mass is 340 g/mol. The van der Waals surface area contributed by atoms with Gasteiger partial charge in [-0.1, -0.05) is 6.07 Å². The number of carbonyl (C=O) groups is 2. The molecule has 0 aliphatic rings. The van der Waals surface area contributed by atoms with E-state index in [1.165, 1.54) is 19.2 Å². The summed E-state index contributed by atoms with van der Waals surface area (Å²) in [6.45, 7) is 0. The van der Waals surface area contributed by atoms with Crippen molar-refractivity contribution < 1.29 is 14.3 Å². The van der Waals surface area contributed by atoms with Crippen LogP contribution < -0.4 is 5.32 Å². The average molecular weight is 340 g/mol. The molecule has 0 aliphatic carbocycles. The van der Waals surface area contributed by atoms with Gasteiger partial charge >= 0.3 is 5.97 Å². The normalized spacial score (nSPS) is 10.2. The molecule has 0 unspecified atom stereocenters. The van der Waals surface area contributed by atoms with Crippen LogP contribution in [0.2, 0.25) is 0 Å². The van der Waals surface area contributed by atoms with Crippen molar-refractivity contribution in [3.8, 4) is 11.5 Å². The van der Waals surface area contributed by atoms with Gasteiger partial charge in [-0.25, -0.2) is 4.79 Å². The van der Waals surface area contributed by atoms with Crippen molar-refractivity contribution in [2.24, 2.45) is 0 Å². The molecule has 1 aromatic carbocycles. The van der Waals surface area contributed by atoms with Gasteiger partial charge in [0.25, 0.3) is 5.91 Å². The van der Waals surface area contributed by atoms with Gasteiger partial charge in [0.1, 0.15) is 5.69 Å². The highest BCUT2D eigenvalue weighted by molar-refractivity contribution is 7.10. The van der Waals surface area contributed by atoms with Gasteiger partial charge in [-0.15, -0.1) is 0 Å². The molecule has 24 heavy (non-hydrogen) atoms. The standard InChI is InChI=1S/C16H12N4O3S/c1-23-15(22)11-7-5-10(6-8-11)14(21)19-16-18-13(20-24-16)12-4-2-3-9-17-12/h2-9H,1H3,(H,18,19,20,21). The molecule has 0 spiro atoms. The molecular weight excluding hydrogens is 328 g/mol. The second kappa shape index (κ2) is 6.97. The quantitative estimate of drug-likeness (QED) is 0.734. The Bertz CT molecular complexity index is 863. The lowest BCUT2D eigenvalue weighted by Crippen LogP contribution is -2.12. The summed E-state index contributed by atoms with van der Waals surface area (Å²) < 4.78 is 8.79. The van der Waals surface area contributed by atoms with Gasteiger partial charge in [0.15, 0.2) is 5.82 Å². The van der Waals surface area contributed by atoms with E-state index in [9.17, 15) is 9.59 Å². The van der Waals surface area contributed by atoms with Gasteiger partial charge < -0.3 is 4.74 Å². The van der Waals surface area contributed by atoms with Crippen LogP contribution in [-0.2, 0) is 4.74 Å². The summed E-state index contributed by atoms with van der Waals surface area (Å²) in [5, 5.41) is 3.05. The van der Waals surface area contributed by atoms with Gasteiger partial charge in [-0.05, 0) is 36.4 Å². The van der Waals surface area contributed by atoms with E-state index >= 15 is 0 Å². The molecule has 0 saturated heterocycles. The van der Waals surface area contributed by atoms with Crippen LogP contribution >= 0.6 is 11.5 Å². The number of nitrogens with one attached hydrogen (secondary N) is 1. The summed E-state index contributed by atoms with van der Waals surface area (Å²) in [6.07, 6.45) is 1.65. The van der Waals surface area contributed by atoms with Crippen LogP contribution in [0, 0.1) is 0 Å². The number of hydrogen-bond donors (Lipinski definition) is 1. The highest BCUT2D eigenvalue weighted by Gasteiger charge is 2.13. The molecule has 0 bridgehead atoms. The van der Waals surface area contributed by atoms with Crippen LogP contribution in [-0.4, -0.2) is 33.3 Å². The molecule has 8 heteroatoms. The van der Waals surface area contributed by atoms with Crippen LogP contribution in [0.3, 0.4) is 0 Å². The average Bonchev–Trinajstić information content (AvgIpc) is 3.10. The second-order valence-corrected chi connectivity index (χ2v) is 5.41. The van der Waals surface area contributed by atoms with Crippen molar-refractivity contribution in [1.82, 2.24) is 14.3 Å². The molecule has 1 N–H and O–H groups in total. The maximum Gasteiger partial charge on any atom is 0.337 e. The van der Waals surface area contributed by atoms with Crippen LogP contribution in [0.1, 0.15) is 20.7 Å². The summed E-state index contributed by atoms with van der Waals surface area (Å²) in [5.74, 6) is -0.335. The first kappa shape index (κ1) is 15.8. The van der Waals surface area contributed by atoms with Crippen molar-refractivity contribution >= 4 is 28.5 Å². The minimum Gasteiger partial charge on any atom is -0.465 e. The van der Waals surface area contributed by atoms with Crippen LogP contribution in [0.4, 0.5) is 5.13 Å². The summed E-state index contributed by atoms with van der Waals surface area (Å²) in [5.41, 5.74) is 1.41. The summed E-state index contributed by atoms with van der Waals surface area (Å²) in [4.78, 5) is 32.0. The Morgan fingerprint density at radius 3 is 2.50 bits per heavy atom. The smallest absolute Gasteiger partial charge is 0.337 e. The number of nitrogens with zero attached hydrogens (tertiary/aromatic N) is 3. The van der Waals surface area contributed by atoms with E-state index in [-0.39, 0.29) is 5.91 Å². The predicted octanol–water partition coefficient (Wildman–Crippen LogP) is 2.64. The molecule has 0 aliphatic heterocycles. The number of aromatic nitrogens is 3. The molecule has 120 valence electrons. The minimum atomic E-state index is -0.453. The molecule has 3 aromatic rings. The fraction of sp³-hybridized carbons (Fsp3) is 0.0625. The number of methoxy groups -OCH3 is 1. The third kappa shape index (κ3) is 3.44. The van der Waals surface area contributed by atoms with Crippen LogP contribution in [0.25, 0.3) is 11.5 Å². The topological polar surface area (TPSA) is 94.1 Å². The van der Waals surface area contributed by atoms with Crippen LogP contribution in [0.15, 0.2) is 48.7 Å². The number of ether oxygens (including phenoxy) is 1. The van der Waals surface area contributed by atoms with Crippen molar-refractivity contribution in [2.75, 3.05) is 12.4 Å². The zero-order valence-corrected chi connectivity index (χ0v) is 13.4. The lowest BCUT2D eigenvalue weighted by atomic mass is 10.1. The Kier molecular flexibility index (Phi) is 4.57. The van der Waals surface area contributed by atoms with Crippen molar-refractivity contribution in [3.63, 3.8) is 0 Å². The molecule has 2 aromatic heterocycles. The first-order valence-corrected chi connectivity index (χ1v) is 7.69. The predicted molar refractivity (Wildman–Crippen MR) is 88.9 cm³/mol. The van der Waals surface area contributed by atoms with E-state index in [2.05, 4.69) is 24.4 Å². The third-order valence-electron chi connectivity index (χ3n) is 3.11. The number of esters is 1. The van der Waals surface area contributed by atoms with Crippen molar-refractivity contribution in [3.05, 3.63) is 59.8 Å². The Morgan fingerprint density at radius 1 is 1.08 bits per heavy atom. The first-order chi connectivity index (χ1) is 11.7. The Hall–Kier alpha value is -3.13. The van der Waals surface area contributed by atoms with Gasteiger partial charge in [0.2, 0.25) is 5.13 Å². The van der Waals surface area contributed by atoms with Crippen molar-refractivity contribution in [2.45, 2.75) is 0 Å². The Morgan fingerprint density at radius 2 is 1.83 bits per heavy atom. The highest BCUT2D eigenvalue weighted by Crippen LogP contribution is 2.19. The lowest BCUT2D eigenvalue weighted by molar-refractivity contribution is 0.0600. The number of anilines is 1. The van der Waals surface area contributed by atoms with E-state index in [4.69, 9.17) is 0 Å². The van der Waals surface area contributed by atoms with E-state index in [1.54, 1.807) is 30.5 Å². The molecule has 1 amide bonds. The zero-order valence-electron chi connectivity index (χ0n) is 12.6. The number of benzene rings is 1. The fourth-order valence-electron chi connectivity index (χ4n) is 1.92.